The van der Waals surface area contributed by atoms with E-state index in [0.717, 1.165) is 27.6 Å². The van der Waals surface area contributed by atoms with Crippen molar-refractivity contribution in [3.8, 4) is 5.75 Å². The van der Waals surface area contributed by atoms with Crippen LogP contribution in [0.15, 0.2) is 72.8 Å². The van der Waals surface area contributed by atoms with Gasteiger partial charge in [0.15, 0.2) is 0 Å². The Balaban J connectivity index is 1.66. The summed E-state index contributed by atoms with van der Waals surface area (Å²) in [6, 6.07) is 24.2. The molecule has 24 heavy (non-hydrogen) atoms. The number of anilines is 1. The van der Waals surface area contributed by atoms with Crippen LogP contribution in [-0.4, -0.2) is 0 Å². The molecule has 0 saturated carbocycles. The summed E-state index contributed by atoms with van der Waals surface area (Å²) >= 11 is 6.19. The third kappa shape index (κ3) is 4.30. The van der Waals surface area contributed by atoms with Crippen LogP contribution in [0.3, 0.4) is 0 Å². The van der Waals surface area contributed by atoms with Crippen LogP contribution in [0, 0.1) is 6.92 Å². The first-order valence-electron chi connectivity index (χ1n) is 7.97. The fraction of sp³-hybridized carbons (Fsp3) is 0.143. The number of rotatable bonds is 6. The lowest BCUT2D eigenvalue weighted by Gasteiger charge is -2.13. The molecule has 0 saturated heterocycles. The maximum absolute atomic E-state index is 6.19. The lowest BCUT2D eigenvalue weighted by Crippen LogP contribution is -2.04. The Morgan fingerprint density at radius 1 is 0.833 bits per heavy atom. The predicted molar refractivity (Wildman–Crippen MR) is 101 cm³/mol. The Morgan fingerprint density at radius 2 is 1.50 bits per heavy atom. The first-order chi connectivity index (χ1) is 11.7. The molecule has 0 radical (unpaired) electrons. The summed E-state index contributed by atoms with van der Waals surface area (Å²) in [5.74, 6) is 0.872. The summed E-state index contributed by atoms with van der Waals surface area (Å²) < 4.78 is 5.99. The topological polar surface area (TPSA) is 21.3 Å². The quantitative estimate of drug-likeness (QED) is 0.610. The summed E-state index contributed by atoms with van der Waals surface area (Å²) in [6.07, 6.45) is 0. The lowest BCUT2D eigenvalue weighted by molar-refractivity contribution is 0.303. The molecular formula is C21H20ClNO. The van der Waals surface area contributed by atoms with E-state index < -0.39 is 0 Å². The molecule has 0 atom stereocenters. The van der Waals surface area contributed by atoms with Gasteiger partial charge >= 0.3 is 0 Å². The fourth-order valence-electron chi connectivity index (χ4n) is 2.43. The van der Waals surface area contributed by atoms with Crippen molar-refractivity contribution >= 4 is 17.3 Å². The highest BCUT2D eigenvalue weighted by molar-refractivity contribution is 6.31. The van der Waals surface area contributed by atoms with Gasteiger partial charge in [0, 0.05) is 28.4 Å². The van der Waals surface area contributed by atoms with Crippen molar-refractivity contribution < 1.29 is 4.74 Å². The number of aryl methyl sites for hydroxylation is 1. The molecule has 0 heterocycles. The van der Waals surface area contributed by atoms with Gasteiger partial charge in [0.25, 0.3) is 0 Å². The molecule has 3 rings (SSSR count). The van der Waals surface area contributed by atoms with Gasteiger partial charge in [-0.05, 0) is 31.2 Å². The normalized spacial score (nSPS) is 10.4. The molecule has 0 fully saturated rings. The SMILES string of the molecule is Cc1ccc(NCc2ccccc2OCc2ccccc2Cl)cc1. The van der Waals surface area contributed by atoms with Crippen molar-refractivity contribution in [1.29, 1.82) is 0 Å². The summed E-state index contributed by atoms with van der Waals surface area (Å²) in [5.41, 5.74) is 4.45. The molecule has 0 aliphatic rings. The molecule has 0 amide bonds. The summed E-state index contributed by atoms with van der Waals surface area (Å²) in [6.45, 7) is 3.25. The van der Waals surface area contributed by atoms with Crippen LogP contribution in [0.5, 0.6) is 5.75 Å². The molecule has 0 aliphatic heterocycles. The smallest absolute Gasteiger partial charge is 0.124 e. The van der Waals surface area contributed by atoms with Crippen molar-refractivity contribution in [3.63, 3.8) is 0 Å². The maximum Gasteiger partial charge on any atom is 0.124 e. The van der Waals surface area contributed by atoms with Crippen molar-refractivity contribution in [2.75, 3.05) is 5.32 Å². The van der Waals surface area contributed by atoms with Gasteiger partial charge in [-0.2, -0.15) is 0 Å². The molecule has 3 aromatic carbocycles. The van der Waals surface area contributed by atoms with E-state index in [2.05, 4.69) is 42.6 Å². The molecule has 0 aromatic heterocycles. The highest BCUT2D eigenvalue weighted by atomic mass is 35.5. The van der Waals surface area contributed by atoms with E-state index >= 15 is 0 Å². The number of hydrogen-bond acceptors (Lipinski definition) is 2. The molecule has 0 unspecified atom stereocenters. The van der Waals surface area contributed by atoms with Gasteiger partial charge in [-0.25, -0.2) is 0 Å². The Kier molecular flexibility index (Phi) is 5.39. The van der Waals surface area contributed by atoms with Crippen LogP contribution >= 0.6 is 11.6 Å². The average Bonchev–Trinajstić information content (AvgIpc) is 2.61. The lowest BCUT2D eigenvalue weighted by atomic mass is 10.2. The first-order valence-corrected chi connectivity index (χ1v) is 8.35. The number of ether oxygens (including phenoxy) is 1. The van der Waals surface area contributed by atoms with Crippen molar-refractivity contribution in [1.82, 2.24) is 0 Å². The van der Waals surface area contributed by atoms with Crippen LogP contribution in [0.25, 0.3) is 0 Å². The van der Waals surface area contributed by atoms with E-state index in [1.807, 2.05) is 42.5 Å². The standard InChI is InChI=1S/C21H20ClNO/c1-16-10-12-19(13-11-16)23-14-17-6-3-5-9-21(17)24-15-18-7-2-4-8-20(18)22/h2-13,23H,14-15H2,1H3. The number of para-hydroxylation sites is 1. The fourth-order valence-corrected chi connectivity index (χ4v) is 2.62. The molecule has 122 valence electrons. The number of halogens is 1. The molecule has 0 bridgehead atoms. The summed E-state index contributed by atoms with van der Waals surface area (Å²) in [7, 11) is 0. The van der Waals surface area contributed by atoms with Gasteiger partial charge in [-0.3, -0.25) is 0 Å². The molecule has 2 nitrogen and oxygen atoms in total. The first kappa shape index (κ1) is 16.4. The van der Waals surface area contributed by atoms with Crippen LogP contribution < -0.4 is 10.1 Å². The largest absolute Gasteiger partial charge is 0.488 e. The minimum Gasteiger partial charge on any atom is -0.488 e. The summed E-state index contributed by atoms with van der Waals surface area (Å²) in [5, 5.41) is 4.16. The van der Waals surface area contributed by atoms with Gasteiger partial charge in [0.05, 0.1) is 0 Å². The number of hydrogen-bond donors (Lipinski definition) is 1. The highest BCUT2D eigenvalue weighted by Crippen LogP contribution is 2.23. The second-order valence-corrected chi connectivity index (χ2v) is 6.11. The Hall–Kier alpha value is -2.45. The molecule has 3 aromatic rings. The molecule has 1 N–H and O–H groups in total. The third-order valence-electron chi connectivity index (χ3n) is 3.85. The predicted octanol–water partition coefficient (Wildman–Crippen LogP) is 5.84. The average molecular weight is 338 g/mol. The van der Waals surface area contributed by atoms with Gasteiger partial charge in [-0.15, -0.1) is 0 Å². The van der Waals surface area contributed by atoms with E-state index in [0.29, 0.717) is 13.2 Å². The van der Waals surface area contributed by atoms with Crippen molar-refractivity contribution in [3.05, 3.63) is 94.5 Å². The highest BCUT2D eigenvalue weighted by Gasteiger charge is 2.05. The zero-order valence-electron chi connectivity index (χ0n) is 13.6. The van der Waals surface area contributed by atoms with Crippen LogP contribution in [0.4, 0.5) is 5.69 Å². The molecule has 0 aliphatic carbocycles. The minimum absolute atomic E-state index is 0.460. The van der Waals surface area contributed by atoms with Crippen molar-refractivity contribution in [2.45, 2.75) is 20.1 Å². The minimum atomic E-state index is 0.460. The Morgan fingerprint density at radius 3 is 2.25 bits per heavy atom. The van der Waals surface area contributed by atoms with Crippen LogP contribution in [-0.2, 0) is 13.2 Å². The van der Waals surface area contributed by atoms with E-state index in [-0.39, 0.29) is 0 Å². The molecule has 3 heteroatoms. The monoisotopic (exact) mass is 337 g/mol. The molecule has 0 spiro atoms. The van der Waals surface area contributed by atoms with E-state index in [4.69, 9.17) is 16.3 Å². The van der Waals surface area contributed by atoms with E-state index in [9.17, 15) is 0 Å². The Bertz CT molecular complexity index is 799. The van der Waals surface area contributed by atoms with Crippen molar-refractivity contribution in [2.24, 2.45) is 0 Å². The molecular weight excluding hydrogens is 318 g/mol. The van der Waals surface area contributed by atoms with Gasteiger partial charge in [-0.1, -0.05) is 65.7 Å². The third-order valence-corrected chi connectivity index (χ3v) is 4.22. The maximum atomic E-state index is 6.19. The zero-order chi connectivity index (χ0) is 16.8. The van der Waals surface area contributed by atoms with Gasteiger partial charge in [0.2, 0.25) is 0 Å². The van der Waals surface area contributed by atoms with Crippen LogP contribution in [0.2, 0.25) is 5.02 Å². The van der Waals surface area contributed by atoms with Gasteiger partial charge < -0.3 is 10.1 Å². The van der Waals surface area contributed by atoms with E-state index in [1.54, 1.807) is 0 Å². The van der Waals surface area contributed by atoms with Crippen LogP contribution in [0.1, 0.15) is 16.7 Å². The Labute approximate surface area is 148 Å². The number of benzene rings is 3. The zero-order valence-corrected chi connectivity index (χ0v) is 14.4. The second-order valence-electron chi connectivity index (χ2n) is 5.71. The van der Waals surface area contributed by atoms with E-state index in [1.165, 1.54) is 5.56 Å². The van der Waals surface area contributed by atoms with Gasteiger partial charge in [0.1, 0.15) is 12.4 Å². The second kappa shape index (κ2) is 7.89. The summed E-state index contributed by atoms with van der Waals surface area (Å²) in [4.78, 5) is 0. The number of nitrogens with one attached hydrogen (secondary N) is 1.